The van der Waals surface area contributed by atoms with Crippen molar-refractivity contribution in [3.8, 4) is 11.5 Å². The average molecular weight is 509 g/mol. The van der Waals surface area contributed by atoms with Gasteiger partial charge in [0.2, 0.25) is 5.78 Å². The first-order valence-corrected chi connectivity index (χ1v) is 12.3. The Balaban J connectivity index is 1.19. The van der Waals surface area contributed by atoms with E-state index >= 15 is 0 Å². The zero-order valence-corrected chi connectivity index (χ0v) is 20.8. The summed E-state index contributed by atoms with van der Waals surface area (Å²) in [4.78, 5) is 38.5. The standard InChI is InChI=1S/C31H25NO6/c1-19-7-9-21(10-8-19)18-32-13-11-20(12-14-32)4-3-15-38-31(37)22-16-24-28(26(34)17-22)30(36)27-23(29(24)35)5-2-6-25(27)33/h2,5-14,16-17H,3-4,15,18H2,1H3,(H-,33,34,36)/p+1. The zero-order valence-electron chi connectivity index (χ0n) is 20.8. The number of phenols is 2. The van der Waals surface area contributed by atoms with Crippen molar-refractivity contribution in [1.29, 1.82) is 0 Å². The number of aromatic hydroxyl groups is 2. The van der Waals surface area contributed by atoms with Gasteiger partial charge in [-0.15, -0.1) is 0 Å². The molecule has 0 aliphatic heterocycles. The molecule has 1 aliphatic carbocycles. The number of ketones is 2. The first-order valence-electron chi connectivity index (χ1n) is 12.3. The molecule has 0 amide bonds. The summed E-state index contributed by atoms with van der Waals surface area (Å²) in [7, 11) is 0. The predicted octanol–water partition coefficient (Wildman–Crippen LogP) is 4.31. The number of fused-ring (bicyclic) bond motifs is 2. The summed E-state index contributed by atoms with van der Waals surface area (Å²) < 4.78 is 7.47. The Kier molecular flexibility index (Phi) is 6.75. The molecule has 0 saturated carbocycles. The molecule has 1 aliphatic rings. The van der Waals surface area contributed by atoms with Gasteiger partial charge in [0, 0.05) is 28.8 Å². The van der Waals surface area contributed by atoms with Crippen molar-refractivity contribution in [3.05, 3.63) is 124 Å². The van der Waals surface area contributed by atoms with Crippen LogP contribution < -0.4 is 4.57 Å². The van der Waals surface area contributed by atoms with Gasteiger partial charge < -0.3 is 14.9 Å². The summed E-state index contributed by atoms with van der Waals surface area (Å²) in [6.07, 6.45) is 5.34. The van der Waals surface area contributed by atoms with Gasteiger partial charge in [-0.05, 0) is 43.5 Å². The Bertz CT molecular complexity index is 1560. The molecule has 0 spiro atoms. The molecule has 0 atom stereocenters. The number of hydrogen-bond donors (Lipinski definition) is 2. The minimum absolute atomic E-state index is 0.0236. The van der Waals surface area contributed by atoms with Crippen LogP contribution in [0.25, 0.3) is 0 Å². The summed E-state index contributed by atoms with van der Waals surface area (Å²) >= 11 is 0. The van der Waals surface area contributed by atoms with Crippen molar-refractivity contribution in [2.75, 3.05) is 6.61 Å². The van der Waals surface area contributed by atoms with Crippen LogP contribution in [0.2, 0.25) is 0 Å². The minimum Gasteiger partial charge on any atom is -0.507 e. The molecule has 4 aromatic rings. The van der Waals surface area contributed by atoms with E-state index in [1.807, 2.05) is 24.5 Å². The molecule has 38 heavy (non-hydrogen) atoms. The smallest absolute Gasteiger partial charge is 0.338 e. The van der Waals surface area contributed by atoms with Crippen molar-refractivity contribution < 1.29 is 33.9 Å². The first-order chi connectivity index (χ1) is 18.3. The maximum atomic E-state index is 13.0. The number of rotatable bonds is 7. The van der Waals surface area contributed by atoms with Crippen molar-refractivity contribution in [3.63, 3.8) is 0 Å². The molecule has 0 radical (unpaired) electrons. The maximum absolute atomic E-state index is 13.0. The van der Waals surface area contributed by atoms with Crippen LogP contribution in [-0.2, 0) is 17.7 Å². The van der Waals surface area contributed by atoms with Crippen LogP contribution >= 0.6 is 0 Å². The largest absolute Gasteiger partial charge is 0.507 e. The van der Waals surface area contributed by atoms with Gasteiger partial charge in [-0.2, -0.15) is 0 Å². The number of pyridine rings is 1. The lowest BCUT2D eigenvalue weighted by Crippen LogP contribution is -2.33. The van der Waals surface area contributed by atoms with E-state index in [1.165, 1.54) is 35.4 Å². The Labute approximate surface area is 219 Å². The zero-order chi connectivity index (χ0) is 26.8. The Morgan fingerprint density at radius 3 is 2.26 bits per heavy atom. The summed E-state index contributed by atoms with van der Waals surface area (Å²) in [6, 6.07) is 19.1. The highest BCUT2D eigenvalue weighted by Crippen LogP contribution is 2.37. The fraction of sp³-hybridized carbons (Fsp3) is 0.161. The van der Waals surface area contributed by atoms with E-state index in [1.54, 1.807) is 0 Å². The second-order valence-electron chi connectivity index (χ2n) is 9.38. The number of aromatic nitrogens is 1. The van der Waals surface area contributed by atoms with Gasteiger partial charge in [0.05, 0.1) is 23.3 Å². The van der Waals surface area contributed by atoms with Crippen LogP contribution in [-0.4, -0.2) is 34.4 Å². The fourth-order valence-electron chi connectivity index (χ4n) is 4.59. The van der Waals surface area contributed by atoms with E-state index < -0.39 is 23.3 Å². The highest BCUT2D eigenvalue weighted by molar-refractivity contribution is 6.30. The number of benzene rings is 3. The van der Waals surface area contributed by atoms with Gasteiger partial charge in [-0.3, -0.25) is 9.59 Å². The molecule has 0 fully saturated rings. The van der Waals surface area contributed by atoms with Crippen LogP contribution in [0.5, 0.6) is 11.5 Å². The van der Waals surface area contributed by atoms with Gasteiger partial charge in [-0.1, -0.05) is 42.0 Å². The highest BCUT2D eigenvalue weighted by atomic mass is 16.5. The topological polar surface area (TPSA) is 105 Å². The molecule has 0 saturated heterocycles. The number of aryl methyl sites for hydroxylation is 2. The molecule has 3 aromatic carbocycles. The van der Waals surface area contributed by atoms with Crippen molar-refractivity contribution in [2.45, 2.75) is 26.3 Å². The van der Waals surface area contributed by atoms with Crippen molar-refractivity contribution in [1.82, 2.24) is 0 Å². The van der Waals surface area contributed by atoms with Crippen LogP contribution in [0.1, 0.15) is 65.3 Å². The molecule has 7 heteroatoms. The lowest BCUT2D eigenvalue weighted by Gasteiger charge is -2.19. The molecule has 5 rings (SSSR count). The number of esters is 1. The van der Waals surface area contributed by atoms with E-state index in [-0.39, 0.29) is 40.2 Å². The van der Waals surface area contributed by atoms with Gasteiger partial charge in [0.25, 0.3) is 0 Å². The SMILES string of the molecule is Cc1ccc(C[n+]2ccc(CCCOC(=O)c3cc(O)c4c(c3)C(=O)c3cccc(O)c3C4=O)cc2)cc1. The maximum Gasteiger partial charge on any atom is 0.338 e. The Morgan fingerprint density at radius 2 is 1.53 bits per heavy atom. The lowest BCUT2D eigenvalue weighted by atomic mass is 9.82. The van der Waals surface area contributed by atoms with Crippen LogP contribution in [0, 0.1) is 6.92 Å². The lowest BCUT2D eigenvalue weighted by molar-refractivity contribution is -0.688. The monoisotopic (exact) mass is 508 g/mol. The molecule has 0 bridgehead atoms. The number of ether oxygens (including phenoxy) is 1. The van der Waals surface area contributed by atoms with E-state index in [2.05, 4.69) is 35.8 Å². The van der Waals surface area contributed by atoms with Gasteiger partial charge in [-0.25, -0.2) is 9.36 Å². The first kappa shape index (κ1) is 24.9. The summed E-state index contributed by atoms with van der Waals surface area (Å²) in [5.74, 6) is -2.78. The average Bonchev–Trinajstić information content (AvgIpc) is 2.91. The van der Waals surface area contributed by atoms with E-state index in [4.69, 9.17) is 4.74 Å². The second kappa shape index (κ2) is 10.3. The molecule has 0 unspecified atom stereocenters. The quantitative estimate of drug-likeness (QED) is 0.193. The van der Waals surface area contributed by atoms with Crippen LogP contribution in [0.3, 0.4) is 0 Å². The van der Waals surface area contributed by atoms with Gasteiger partial charge in [0.15, 0.2) is 24.7 Å². The van der Waals surface area contributed by atoms with Crippen LogP contribution in [0.15, 0.2) is 79.1 Å². The third-order valence-electron chi connectivity index (χ3n) is 6.63. The fourth-order valence-corrected chi connectivity index (χ4v) is 4.59. The Morgan fingerprint density at radius 1 is 0.816 bits per heavy atom. The normalized spacial score (nSPS) is 12.1. The molecule has 2 N–H and O–H groups in total. The number of carbonyl (C=O) groups excluding carboxylic acids is 3. The number of carbonyl (C=O) groups is 3. The summed E-state index contributed by atoms with van der Waals surface area (Å²) in [5, 5.41) is 20.5. The third-order valence-corrected chi connectivity index (χ3v) is 6.63. The van der Waals surface area contributed by atoms with E-state index in [9.17, 15) is 24.6 Å². The summed E-state index contributed by atoms with van der Waals surface area (Å²) in [6.45, 7) is 3.00. The van der Waals surface area contributed by atoms with Gasteiger partial charge in [0.1, 0.15) is 11.5 Å². The molecule has 7 nitrogen and oxygen atoms in total. The predicted molar refractivity (Wildman–Crippen MR) is 139 cm³/mol. The molecule has 1 aromatic heterocycles. The molecule has 1 heterocycles. The van der Waals surface area contributed by atoms with Gasteiger partial charge >= 0.3 is 5.97 Å². The van der Waals surface area contributed by atoms with E-state index in [0.29, 0.717) is 12.8 Å². The second-order valence-corrected chi connectivity index (χ2v) is 9.38. The number of hydrogen-bond acceptors (Lipinski definition) is 6. The van der Waals surface area contributed by atoms with Crippen LogP contribution in [0.4, 0.5) is 0 Å². The Hall–Kier alpha value is -4.78. The molecular formula is C31H26NO6+. The van der Waals surface area contributed by atoms with E-state index in [0.717, 1.165) is 18.2 Å². The molecular weight excluding hydrogens is 482 g/mol. The third kappa shape index (κ3) is 4.91. The highest BCUT2D eigenvalue weighted by Gasteiger charge is 2.35. The molecule has 190 valence electrons. The minimum atomic E-state index is -0.700. The van der Waals surface area contributed by atoms with Crippen molar-refractivity contribution in [2.24, 2.45) is 0 Å². The number of nitrogens with zero attached hydrogens (tertiary/aromatic N) is 1. The number of phenolic OH excluding ortho intramolecular Hbond substituents is 2. The van der Waals surface area contributed by atoms with Crippen molar-refractivity contribution >= 4 is 17.5 Å². The summed E-state index contributed by atoms with van der Waals surface area (Å²) in [5.41, 5.74) is 3.08.